The molecule has 20 heavy (non-hydrogen) atoms. The number of carbonyl (C=O) groups excluding carboxylic acids is 2. The highest BCUT2D eigenvalue weighted by atomic mass is 16.2. The highest BCUT2D eigenvalue weighted by Crippen LogP contribution is 2.17. The maximum atomic E-state index is 12.0. The molecular formula is C15H17N3O2. The fourth-order valence-electron chi connectivity index (χ4n) is 2.28. The topological polar surface area (TPSA) is 64.4 Å². The van der Waals surface area contributed by atoms with E-state index in [2.05, 4.69) is 6.07 Å². The van der Waals surface area contributed by atoms with E-state index in [4.69, 9.17) is 0 Å². The number of amides is 2. The van der Waals surface area contributed by atoms with Gasteiger partial charge in [0.05, 0.1) is 25.1 Å². The van der Waals surface area contributed by atoms with Crippen LogP contribution in [-0.4, -0.2) is 47.8 Å². The number of benzene rings is 1. The van der Waals surface area contributed by atoms with Gasteiger partial charge in [0.2, 0.25) is 11.8 Å². The molecule has 0 N–H and O–H groups in total. The molecule has 1 unspecified atom stereocenters. The van der Waals surface area contributed by atoms with Crippen LogP contribution in [0.5, 0.6) is 0 Å². The summed E-state index contributed by atoms with van der Waals surface area (Å²) in [6, 6.07) is 11.5. The smallest absolute Gasteiger partial charge is 0.242 e. The second kappa shape index (κ2) is 6.20. The summed E-state index contributed by atoms with van der Waals surface area (Å²) in [6.45, 7) is 2.84. The third-order valence-corrected chi connectivity index (χ3v) is 3.50. The molecule has 0 bridgehead atoms. The molecule has 0 aliphatic carbocycles. The van der Waals surface area contributed by atoms with Gasteiger partial charge < -0.3 is 9.80 Å². The van der Waals surface area contributed by atoms with Crippen molar-refractivity contribution in [3.05, 3.63) is 35.9 Å². The lowest BCUT2D eigenvalue weighted by atomic mass is 10.00. The Morgan fingerprint density at radius 3 is 2.35 bits per heavy atom. The molecule has 1 saturated heterocycles. The molecule has 1 aliphatic heterocycles. The minimum absolute atomic E-state index is 0.0585. The first-order chi connectivity index (χ1) is 9.65. The molecule has 2 rings (SSSR count). The minimum Gasteiger partial charge on any atom is -0.332 e. The van der Waals surface area contributed by atoms with Gasteiger partial charge in [0, 0.05) is 13.1 Å². The molecule has 0 radical (unpaired) electrons. The van der Waals surface area contributed by atoms with Gasteiger partial charge in [-0.2, -0.15) is 5.26 Å². The molecule has 0 spiro atoms. The molecule has 1 aliphatic rings. The number of hydrogen-bond acceptors (Lipinski definition) is 3. The first-order valence-electron chi connectivity index (χ1n) is 6.65. The second-order valence-corrected chi connectivity index (χ2v) is 4.77. The molecule has 0 aromatic heterocycles. The van der Waals surface area contributed by atoms with Crippen molar-refractivity contribution in [1.82, 2.24) is 9.80 Å². The Kier molecular flexibility index (Phi) is 4.36. The predicted octanol–water partition coefficient (Wildman–Crippen LogP) is 0.984. The summed E-state index contributed by atoms with van der Waals surface area (Å²) in [7, 11) is 0. The van der Waals surface area contributed by atoms with E-state index < -0.39 is 5.92 Å². The minimum atomic E-state index is -0.402. The molecule has 104 valence electrons. The Balaban J connectivity index is 2.07. The molecule has 1 fully saturated rings. The maximum Gasteiger partial charge on any atom is 0.242 e. The summed E-state index contributed by atoms with van der Waals surface area (Å²) in [5.41, 5.74) is 0.869. The normalized spacial score (nSPS) is 17.0. The van der Waals surface area contributed by atoms with E-state index in [9.17, 15) is 14.9 Å². The molecule has 5 heteroatoms. The Morgan fingerprint density at radius 1 is 1.15 bits per heavy atom. The van der Waals surface area contributed by atoms with Crippen LogP contribution in [-0.2, 0) is 9.59 Å². The lowest BCUT2D eigenvalue weighted by Gasteiger charge is -2.34. The first kappa shape index (κ1) is 14.1. The number of carbonyl (C=O) groups is 2. The van der Waals surface area contributed by atoms with Crippen LogP contribution >= 0.6 is 0 Å². The fourth-order valence-corrected chi connectivity index (χ4v) is 2.28. The van der Waals surface area contributed by atoms with Gasteiger partial charge in [-0.15, -0.1) is 0 Å². The molecule has 2 amide bonds. The molecule has 5 nitrogen and oxygen atoms in total. The van der Waals surface area contributed by atoms with Gasteiger partial charge in [-0.3, -0.25) is 9.59 Å². The van der Waals surface area contributed by atoms with E-state index in [-0.39, 0.29) is 31.4 Å². The Hall–Kier alpha value is -2.35. The largest absolute Gasteiger partial charge is 0.332 e. The van der Waals surface area contributed by atoms with E-state index in [1.807, 2.05) is 37.3 Å². The van der Waals surface area contributed by atoms with E-state index in [1.165, 1.54) is 9.80 Å². The van der Waals surface area contributed by atoms with Gasteiger partial charge in [-0.05, 0) is 12.5 Å². The van der Waals surface area contributed by atoms with Crippen molar-refractivity contribution in [2.45, 2.75) is 12.8 Å². The summed E-state index contributed by atoms with van der Waals surface area (Å²) < 4.78 is 0. The van der Waals surface area contributed by atoms with Gasteiger partial charge in [0.25, 0.3) is 0 Å². The quantitative estimate of drug-likeness (QED) is 0.820. The van der Waals surface area contributed by atoms with E-state index in [0.717, 1.165) is 5.56 Å². The fraction of sp³-hybridized carbons (Fsp3) is 0.400. The molecule has 1 aromatic rings. The van der Waals surface area contributed by atoms with Gasteiger partial charge in [-0.25, -0.2) is 0 Å². The highest BCUT2D eigenvalue weighted by Gasteiger charge is 2.30. The lowest BCUT2D eigenvalue weighted by molar-refractivity contribution is -0.149. The molecule has 1 aromatic carbocycles. The number of hydrogen-bond donors (Lipinski definition) is 0. The van der Waals surface area contributed by atoms with Gasteiger partial charge in [0.1, 0.15) is 0 Å². The summed E-state index contributed by atoms with van der Waals surface area (Å²) in [6.07, 6.45) is 0. The SMILES string of the molecule is CCN1CC(=O)N(CC(C#N)c2ccccc2)CC1=O. The third kappa shape index (κ3) is 2.97. The first-order valence-corrected chi connectivity index (χ1v) is 6.65. The molecule has 0 saturated carbocycles. The van der Waals surface area contributed by atoms with Crippen molar-refractivity contribution < 1.29 is 9.59 Å². The zero-order chi connectivity index (χ0) is 14.5. The third-order valence-electron chi connectivity index (χ3n) is 3.50. The van der Waals surface area contributed by atoms with Crippen LogP contribution in [0.4, 0.5) is 0 Å². The van der Waals surface area contributed by atoms with Gasteiger partial charge in [0.15, 0.2) is 0 Å². The lowest BCUT2D eigenvalue weighted by Crippen LogP contribution is -2.54. The number of piperazine rings is 1. The molecule has 1 heterocycles. The van der Waals surface area contributed by atoms with E-state index in [1.54, 1.807) is 0 Å². The Bertz CT molecular complexity index is 536. The van der Waals surface area contributed by atoms with Crippen LogP contribution < -0.4 is 0 Å². The zero-order valence-electron chi connectivity index (χ0n) is 11.5. The van der Waals surface area contributed by atoms with Crippen LogP contribution in [0.1, 0.15) is 18.4 Å². The van der Waals surface area contributed by atoms with Gasteiger partial charge in [-0.1, -0.05) is 30.3 Å². The van der Waals surface area contributed by atoms with Crippen molar-refractivity contribution in [3.63, 3.8) is 0 Å². The number of nitrogens with zero attached hydrogens (tertiary/aromatic N) is 3. The van der Waals surface area contributed by atoms with Crippen molar-refractivity contribution in [1.29, 1.82) is 5.26 Å². The predicted molar refractivity (Wildman–Crippen MR) is 73.6 cm³/mol. The van der Waals surface area contributed by atoms with Crippen molar-refractivity contribution in [2.75, 3.05) is 26.2 Å². The second-order valence-electron chi connectivity index (χ2n) is 4.77. The summed E-state index contributed by atoms with van der Waals surface area (Å²) in [5, 5.41) is 9.28. The molecular weight excluding hydrogens is 254 g/mol. The zero-order valence-corrected chi connectivity index (χ0v) is 11.5. The van der Waals surface area contributed by atoms with Crippen molar-refractivity contribution in [2.24, 2.45) is 0 Å². The maximum absolute atomic E-state index is 12.0. The molecule has 1 atom stereocenters. The van der Waals surface area contributed by atoms with Crippen LogP contribution in [0.3, 0.4) is 0 Å². The van der Waals surface area contributed by atoms with Crippen LogP contribution in [0.2, 0.25) is 0 Å². The summed E-state index contributed by atoms with van der Waals surface area (Å²) in [5.74, 6) is -0.555. The monoisotopic (exact) mass is 271 g/mol. The van der Waals surface area contributed by atoms with Crippen LogP contribution in [0.25, 0.3) is 0 Å². The average Bonchev–Trinajstić information content (AvgIpc) is 2.48. The Morgan fingerprint density at radius 2 is 1.75 bits per heavy atom. The van der Waals surface area contributed by atoms with E-state index >= 15 is 0 Å². The summed E-state index contributed by atoms with van der Waals surface area (Å²) >= 11 is 0. The van der Waals surface area contributed by atoms with Crippen LogP contribution in [0, 0.1) is 11.3 Å². The van der Waals surface area contributed by atoms with Crippen LogP contribution in [0.15, 0.2) is 30.3 Å². The van der Waals surface area contributed by atoms with Gasteiger partial charge >= 0.3 is 0 Å². The standard InChI is InChI=1S/C15H17N3O2/c1-2-17-10-15(20)18(11-14(17)19)9-13(8-16)12-6-4-3-5-7-12/h3-7,13H,2,9-11H2,1H3. The summed E-state index contributed by atoms with van der Waals surface area (Å²) in [4.78, 5) is 26.9. The number of nitriles is 1. The van der Waals surface area contributed by atoms with Crippen molar-refractivity contribution >= 4 is 11.8 Å². The Labute approximate surface area is 118 Å². The average molecular weight is 271 g/mol. The highest BCUT2D eigenvalue weighted by molar-refractivity contribution is 5.92. The van der Waals surface area contributed by atoms with E-state index in [0.29, 0.717) is 6.54 Å². The number of rotatable bonds is 4. The number of likely N-dealkylation sites (N-methyl/N-ethyl adjacent to an activating group) is 1. The van der Waals surface area contributed by atoms with Crippen molar-refractivity contribution in [3.8, 4) is 6.07 Å².